The predicted octanol–water partition coefficient (Wildman–Crippen LogP) is -5.30. The first kappa shape index (κ1) is 51.4. The Morgan fingerprint density at radius 1 is 0.340 bits per heavy atom. The van der Waals surface area contributed by atoms with Gasteiger partial charge in [-0.25, -0.2) is 4.90 Å². The molecule has 33 nitrogen and oxygen atoms in total. The summed E-state index contributed by atoms with van der Waals surface area (Å²) in [5.74, 6) is 0. The Kier molecular flexibility index (Phi) is 16.5. The lowest BCUT2D eigenvalue weighted by molar-refractivity contribution is 0.0862. The van der Waals surface area contributed by atoms with Crippen LogP contribution in [-0.4, -0.2) is 148 Å². The van der Waals surface area contributed by atoms with Gasteiger partial charge in [-0.05, 0) is 0 Å². The zero-order valence-electron chi connectivity index (χ0n) is 23.1. The van der Waals surface area contributed by atoms with Crippen LogP contribution in [0.4, 0.5) is 0 Å². The Bertz CT molecular complexity index is 1510. The maximum absolute atomic E-state index is 12.4. The van der Waals surface area contributed by atoms with Crippen LogP contribution >= 0.6 is 76.0 Å². The van der Waals surface area contributed by atoms with E-state index in [0.717, 1.165) is 0 Å². The van der Waals surface area contributed by atoms with Crippen LogP contribution in [-0.2, 0) is 45.7 Å². The lowest BCUT2D eigenvalue weighted by atomic mass is 10.4. The second-order valence-electron chi connectivity index (χ2n) is 9.48. The van der Waals surface area contributed by atoms with Crippen molar-refractivity contribution in [2.24, 2.45) is 0 Å². The van der Waals surface area contributed by atoms with E-state index in [-0.39, 0.29) is 0 Å². The first-order chi connectivity index (χ1) is 21.2. The average Bonchev–Trinajstić information content (AvgIpc) is 2.65. The molecule has 0 radical (unpaired) electrons. The van der Waals surface area contributed by atoms with Gasteiger partial charge >= 0.3 is 76.0 Å². The zero-order chi connectivity index (χ0) is 41.0. The molecule has 0 aromatic rings. The fourth-order valence-electron chi connectivity index (χ4n) is 4.00. The van der Waals surface area contributed by atoms with Crippen LogP contribution in [0, 0.1) is 0 Å². The molecule has 0 rings (SSSR count). The minimum atomic E-state index is -7.13. The largest absolute Gasteiger partial charge is 0.355 e. The molecule has 0 aromatic carbocycles. The molecule has 0 aliphatic rings. The van der Waals surface area contributed by atoms with Crippen molar-refractivity contribution in [1.82, 2.24) is 15.1 Å². The SMILES string of the molecule is O=P(O)(O)C(NC(CN(C(P(=O)(O)O)P(=O)(O)O)C(P(=O)(O)O)P(=O)(O)O)N(C(P(=O)(O)O)P(=O)(O)O)C(P(=O)(O)O)P(=O)(O)O)P(=O)(O)O. The second kappa shape index (κ2) is 16.1. The molecule has 0 aliphatic carbocycles. The van der Waals surface area contributed by atoms with Crippen molar-refractivity contribution >= 4 is 76.0 Å². The van der Waals surface area contributed by atoms with Gasteiger partial charge in [-0.15, -0.1) is 0 Å². The van der Waals surface area contributed by atoms with Gasteiger partial charge in [-0.3, -0.25) is 55.9 Å². The third-order valence-corrected chi connectivity index (χ3v) is 22.9. The highest BCUT2D eigenvalue weighted by Gasteiger charge is 2.64. The van der Waals surface area contributed by atoms with E-state index in [2.05, 4.69) is 0 Å². The Morgan fingerprint density at radius 3 is 0.700 bits per heavy atom. The summed E-state index contributed by atoms with van der Waals surface area (Å²) < 4.78 is 123. The fourth-order valence-corrected chi connectivity index (χ4v) is 18.4. The molecule has 0 aliphatic heterocycles. The molecule has 21 N–H and O–H groups in total. The maximum atomic E-state index is 12.4. The van der Waals surface area contributed by atoms with Crippen molar-refractivity contribution in [2.75, 3.05) is 6.54 Å². The summed E-state index contributed by atoms with van der Waals surface area (Å²) in [6.07, 6.45) is -4.23. The molecule has 43 heteroatoms. The van der Waals surface area contributed by atoms with E-state index in [4.69, 9.17) is 0 Å². The molecule has 0 aromatic heterocycles. The van der Waals surface area contributed by atoms with E-state index in [1.54, 1.807) is 0 Å². The third-order valence-electron chi connectivity index (χ3n) is 5.26. The molecule has 1 atom stereocenters. The van der Waals surface area contributed by atoms with Crippen LogP contribution in [0.2, 0.25) is 0 Å². The van der Waals surface area contributed by atoms with Crippen molar-refractivity contribution in [3.05, 3.63) is 0 Å². The van der Waals surface area contributed by atoms with Crippen molar-refractivity contribution < 1.29 is 144 Å². The second-order valence-corrected chi connectivity index (χ2v) is 28.2. The highest BCUT2D eigenvalue weighted by Crippen LogP contribution is 2.72. The zero-order valence-corrected chi connectivity index (χ0v) is 32.0. The van der Waals surface area contributed by atoms with Crippen molar-refractivity contribution in [3.63, 3.8) is 0 Å². The summed E-state index contributed by atoms with van der Waals surface area (Å²) in [6.45, 7) is -3.08. The summed E-state index contributed by atoms with van der Waals surface area (Å²) in [7, 11) is -70.0. The molecule has 1 unspecified atom stereocenters. The molecule has 0 amide bonds. The molecule has 302 valence electrons. The number of nitrogens with zero attached hydrogens (tertiary/aromatic N) is 2. The first-order valence-electron chi connectivity index (χ1n) is 11.0. The smallest absolute Gasteiger partial charge is 0.323 e. The first-order valence-corrected chi connectivity index (χ1v) is 27.8. The van der Waals surface area contributed by atoms with Crippen LogP contribution in [0.15, 0.2) is 0 Å². The summed E-state index contributed by atoms with van der Waals surface area (Å²) >= 11 is 0. The molecule has 0 heterocycles. The third kappa shape index (κ3) is 14.5. The highest BCUT2D eigenvalue weighted by atomic mass is 31.3. The number of rotatable bonds is 19. The van der Waals surface area contributed by atoms with Crippen LogP contribution in [0.3, 0.4) is 0 Å². The van der Waals surface area contributed by atoms with Gasteiger partial charge in [0.1, 0.15) is 0 Å². The molecule has 0 saturated heterocycles. The van der Waals surface area contributed by atoms with Crippen molar-refractivity contribution in [2.45, 2.75) is 33.8 Å². The number of nitrogens with one attached hydrogen (secondary N) is 1. The number of hydrogen-bond donors (Lipinski definition) is 21. The van der Waals surface area contributed by atoms with Gasteiger partial charge in [0.05, 0.1) is 6.17 Å². The summed E-state index contributed by atoms with van der Waals surface area (Å²) in [4.78, 5) is 190. The molecular formula is C7H29N3O30P10. The molecule has 0 spiro atoms. The number of hydrogen-bond acceptors (Lipinski definition) is 13. The Labute approximate surface area is 275 Å². The van der Waals surface area contributed by atoms with Crippen LogP contribution in [0.5, 0.6) is 0 Å². The van der Waals surface area contributed by atoms with E-state index < -0.39 is 126 Å². The van der Waals surface area contributed by atoms with Gasteiger partial charge in [0, 0.05) is 6.54 Å². The Balaban J connectivity index is 9.22. The minimum absolute atomic E-state index is 0.702. The molecule has 0 saturated carbocycles. The summed E-state index contributed by atoms with van der Waals surface area (Å²) in [5.41, 5.74) is -22.4. The molecular weight excluding hydrogens is 916 g/mol. The monoisotopic (exact) mass is 945 g/mol. The Hall–Kier alpha value is 1.38. The predicted molar refractivity (Wildman–Crippen MR) is 155 cm³/mol. The van der Waals surface area contributed by atoms with E-state index in [9.17, 15) is 144 Å². The average molecular weight is 945 g/mol. The van der Waals surface area contributed by atoms with Gasteiger partial charge in [-0.2, -0.15) is 0 Å². The lowest BCUT2D eigenvalue weighted by Gasteiger charge is -2.47. The topological polar surface area (TPSA) is 594 Å². The normalized spacial score (nSPS) is 16.5. The Morgan fingerprint density at radius 2 is 0.540 bits per heavy atom. The minimum Gasteiger partial charge on any atom is -0.323 e. The standard InChI is InChI=1S/C7H29N3O30P10/c11-41(12,13)3(42(14,15)16)8-2(10(6(47(29,30)31)48(32,33)34)7(49(35,36)37)50(38,39)40)1-9(4(43(17,18)19)44(20,21)22)5(45(23,24)25)46(26,27)28/h2-8H,1H2,(H2,11,12,13)(H2,14,15,16)(H2,17,18,19)(H2,20,21,22)(H2,23,24,25)(H2,26,27,28)(H2,29,30,31)(H2,32,33,34)(H2,35,36,37)(H2,38,39,40). The lowest BCUT2D eigenvalue weighted by Crippen LogP contribution is -2.62. The van der Waals surface area contributed by atoms with Crippen molar-refractivity contribution in [1.29, 1.82) is 0 Å². The van der Waals surface area contributed by atoms with Crippen LogP contribution in [0.1, 0.15) is 0 Å². The van der Waals surface area contributed by atoms with Gasteiger partial charge in [0.25, 0.3) is 0 Å². The van der Waals surface area contributed by atoms with Crippen LogP contribution < -0.4 is 5.32 Å². The molecule has 0 fully saturated rings. The highest BCUT2D eigenvalue weighted by molar-refractivity contribution is 7.73. The maximum Gasteiger partial charge on any atom is 0.355 e. The fraction of sp³-hybridized carbons (Fsp3) is 1.00. The molecule has 0 bridgehead atoms. The summed E-state index contributed by atoms with van der Waals surface area (Å²) in [5, 5.41) is 0.702. The van der Waals surface area contributed by atoms with E-state index in [0.29, 0.717) is 5.32 Å². The van der Waals surface area contributed by atoms with E-state index in [1.165, 1.54) is 0 Å². The van der Waals surface area contributed by atoms with Crippen molar-refractivity contribution in [3.8, 4) is 0 Å². The van der Waals surface area contributed by atoms with Gasteiger partial charge in [0.15, 0.2) is 0 Å². The quantitative estimate of drug-likeness (QED) is 0.0425. The van der Waals surface area contributed by atoms with Gasteiger partial charge in [0.2, 0.25) is 27.6 Å². The van der Waals surface area contributed by atoms with Crippen LogP contribution in [0.25, 0.3) is 0 Å². The molecule has 50 heavy (non-hydrogen) atoms. The van der Waals surface area contributed by atoms with E-state index in [1.807, 2.05) is 0 Å². The van der Waals surface area contributed by atoms with Gasteiger partial charge in [-0.1, -0.05) is 0 Å². The van der Waals surface area contributed by atoms with Gasteiger partial charge < -0.3 is 97.9 Å². The van der Waals surface area contributed by atoms with E-state index >= 15 is 0 Å². The summed E-state index contributed by atoms with van der Waals surface area (Å²) in [6, 6.07) is 0.